The second-order valence-electron chi connectivity index (χ2n) is 9.10. The van der Waals surface area contributed by atoms with E-state index in [1.165, 1.54) is 60.3 Å². The number of fused-ring (bicyclic) bond motifs is 1. The Morgan fingerprint density at radius 1 is 1.03 bits per heavy atom. The fourth-order valence-electron chi connectivity index (χ4n) is 4.47. The van der Waals surface area contributed by atoms with Crippen LogP contribution in [0.25, 0.3) is 0 Å². The standard InChI is InChI=1S/C27H22Cl2F2N2O5/c1-32(2)26(35)36-24-4-3-11-33(24)25(34)18-13-22-23(14-21(18)31)38-27(37-22,15-5-8-17(30)9-6-15)19-10-7-16(28)12-20(19)29/h5-10,12-14,24H,3-4,11H2,1-2H3/t24-,27?/m1/s1. The predicted molar refractivity (Wildman–Crippen MR) is 136 cm³/mol. The molecule has 2 atom stereocenters. The van der Waals surface area contributed by atoms with Crippen LogP contribution in [0.2, 0.25) is 10.0 Å². The molecular weight excluding hydrogens is 541 g/mol. The van der Waals surface area contributed by atoms with Gasteiger partial charge in [-0.25, -0.2) is 13.6 Å². The molecule has 3 aromatic carbocycles. The van der Waals surface area contributed by atoms with Gasteiger partial charge < -0.3 is 24.0 Å². The quantitative estimate of drug-likeness (QED) is 0.378. The summed E-state index contributed by atoms with van der Waals surface area (Å²) in [6, 6.07) is 12.4. The number of likely N-dealkylation sites (tertiary alicyclic amines) is 1. The Kier molecular flexibility index (Phi) is 6.83. The summed E-state index contributed by atoms with van der Waals surface area (Å²) in [7, 11) is 3.06. The van der Waals surface area contributed by atoms with Gasteiger partial charge >= 0.3 is 11.9 Å². The molecule has 7 nitrogen and oxygen atoms in total. The molecule has 0 saturated carbocycles. The lowest BCUT2D eigenvalue weighted by Crippen LogP contribution is -2.40. The highest BCUT2D eigenvalue weighted by Gasteiger charge is 2.48. The summed E-state index contributed by atoms with van der Waals surface area (Å²) in [6.45, 7) is 0.290. The highest BCUT2D eigenvalue weighted by molar-refractivity contribution is 6.35. The Morgan fingerprint density at radius 2 is 1.71 bits per heavy atom. The molecule has 3 aromatic rings. The van der Waals surface area contributed by atoms with E-state index in [0.717, 1.165) is 6.07 Å². The van der Waals surface area contributed by atoms with Crippen molar-refractivity contribution in [1.29, 1.82) is 0 Å². The van der Waals surface area contributed by atoms with Crippen LogP contribution < -0.4 is 9.47 Å². The Morgan fingerprint density at radius 3 is 2.37 bits per heavy atom. The lowest BCUT2D eigenvalue weighted by molar-refractivity contribution is -0.0459. The number of nitrogens with zero attached hydrogens (tertiary/aromatic N) is 2. The molecule has 2 aliphatic heterocycles. The third-order valence-corrected chi connectivity index (χ3v) is 6.89. The summed E-state index contributed by atoms with van der Waals surface area (Å²) in [5, 5.41) is 0.576. The van der Waals surface area contributed by atoms with Crippen LogP contribution in [0.1, 0.15) is 34.3 Å². The van der Waals surface area contributed by atoms with Crippen LogP contribution >= 0.6 is 23.2 Å². The Hall–Kier alpha value is -3.56. The third-order valence-electron chi connectivity index (χ3n) is 6.34. The second kappa shape index (κ2) is 9.96. The first kappa shape index (κ1) is 26.1. The highest BCUT2D eigenvalue weighted by atomic mass is 35.5. The van der Waals surface area contributed by atoms with Crippen molar-refractivity contribution >= 4 is 35.2 Å². The zero-order valence-electron chi connectivity index (χ0n) is 20.3. The van der Waals surface area contributed by atoms with Crippen molar-refractivity contribution in [2.45, 2.75) is 24.9 Å². The molecule has 2 amide bonds. The van der Waals surface area contributed by atoms with Gasteiger partial charge in [-0.05, 0) is 55.0 Å². The summed E-state index contributed by atoms with van der Waals surface area (Å²) in [5.41, 5.74) is 0.440. The molecule has 0 spiro atoms. The molecule has 2 heterocycles. The van der Waals surface area contributed by atoms with Crippen LogP contribution in [0.4, 0.5) is 13.6 Å². The van der Waals surface area contributed by atoms with Gasteiger partial charge in [0.2, 0.25) is 0 Å². The van der Waals surface area contributed by atoms with E-state index < -0.39 is 35.6 Å². The number of hydrogen-bond donors (Lipinski definition) is 0. The number of amides is 2. The molecule has 0 bridgehead atoms. The number of ether oxygens (including phenoxy) is 3. The summed E-state index contributed by atoms with van der Waals surface area (Å²) < 4.78 is 46.9. The maximum absolute atomic E-state index is 15.3. The maximum atomic E-state index is 15.3. The van der Waals surface area contributed by atoms with Gasteiger partial charge in [-0.3, -0.25) is 4.79 Å². The molecular formula is C27H22Cl2F2N2O5. The summed E-state index contributed by atoms with van der Waals surface area (Å²) in [5.74, 6) is -3.59. The highest BCUT2D eigenvalue weighted by Crippen LogP contribution is 2.50. The summed E-state index contributed by atoms with van der Waals surface area (Å²) in [6.07, 6.45) is -0.412. The number of rotatable bonds is 4. The van der Waals surface area contributed by atoms with Gasteiger partial charge in [0.1, 0.15) is 11.6 Å². The Balaban J connectivity index is 1.52. The van der Waals surface area contributed by atoms with Crippen LogP contribution in [0.3, 0.4) is 0 Å². The van der Waals surface area contributed by atoms with Gasteiger partial charge in [0.15, 0.2) is 17.7 Å². The molecule has 0 N–H and O–H groups in total. The van der Waals surface area contributed by atoms with Crippen molar-refractivity contribution in [2.75, 3.05) is 20.6 Å². The predicted octanol–water partition coefficient (Wildman–Crippen LogP) is 6.20. The fourth-order valence-corrected chi connectivity index (χ4v) is 5.00. The number of benzene rings is 3. The zero-order valence-corrected chi connectivity index (χ0v) is 21.9. The van der Waals surface area contributed by atoms with Gasteiger partial charge in [-0.2, -0.15) is 0 Å². The second-order valence-corrected chi connectivity index (χ2v) is 9.95. The fraction of sp³-hybridized carbons (Fsp3) is 0.259. The maximum Gasteiger partial charge on any atom is 0.411 e. The lowest BCUT2D eigenvalue weighted by Gasteiger charge is -2.29. The molecule has 1 unspecified atom stereocenters. The molecule has 11 heteroatoms. The molecule has 0 aromatic heterocycles. The summed E-state index contributed by atoms with van der Waals surface area (Å²) >= 11 is 12.6. The van der Waals surface area contributed by atoms with E-state index in [0.29, 0.717) is 29.0 Å². The van der Waals surface area contributed by atoms with Crippen molar-refractivity contribution in [1.82, 2.24) is 9.80 Å². The first-order valence-electron chi connectivity index (χ1n) is 11.7. The average molecular weight is 563 g/mol. The monoisotopic (exact) mass is 562 g/mol. The molecule has 2 aliphatic rings. The first-order valence-corrected chi connectivity index (χ1v) is 12.5. The van der Waals surface area contributed by atoms with Crippen molar-refractivity contribution in [3.05, 3.63) is 93.0 Å². The molecule has 0 aliphatic carbocycles. The minimum atomic E-state index is -1.71. The van der Waals surface area contributed by atoms with E-state index in [1.54, 1.807) is 12.1 Å². The van der Waals surface area contributed by atoms with Gasteiger partial charge in [0.25, 0.3) is 5.91 Å². The lowest BCUT2D eigenvalue weighted by atomic mass is 9.97. The van der Waals surface area contributed by atoms with E-state index in [2.05, 4.69) is 0 Å². The van der Waals surface area contributed by atoms with Gasteiger partial charge in [0, 0.05) is 43.7 Å². The normalized spacial score (nSPS) is 19.9. The van der Waals surface area contributed by atoms with Crippen molar-refractivity contribution < 1.29 is 32.6 Å². The molecule has 198 valence electrons. The molecule has 1 fully saturated rings. The van der Waals surface area contributed by atoms with E-state index in [-0.39, 0.29) is 28.6 Å². The summed E-state index contributed by atoms with van der Waals surface area (Å²) in [4.78, 5) is 28.0. The van der Waals surface area contributed by atoms with Gasteiger partial charge in [-0.15, -0.1) is 0 Å². The molecule has 1 saturated heterocycles. The van der Waals surface area contributed by atoms with E-state index >= 15 is 4.39 Å². The topological polar surface area (TPSA) is 68.3 Å². The SMILES string of the molecule is CN(C)C(=O)O[C@@H]1CCCN1C(=O)c1cc2c(cc1F)OC(c1ccc(F)cc1)(c1ccc(Cl)cc1Cl)O2. The van der Waals surface area contributed by atoms with E-state index in [4.69, 9.17) is 37.4 Å². The van der Waals surface area contributed by atoms with Crippen molar-refractivity contribution in [3.8, 4) is 11.5 Å². The van der Waals surface area contributed by atoms with Crippen LogP contribution in [0.5, 0.6) is 11.5 Å². The Bertz CT molecular complexity index is 1420. The number of carbonyl (C=O) groups excluding carboxylic acids is 2. The van der Waals surface area contributed by atoms with Crippen LogP contribution in [0, 0.1) is 11.6 Å². The largest absolute Gasteiger partial charge is 0.440 e. The number of halogens is 4. The molecule has 0 radical (unpaired) electrons. The molecule has 5 rings (SSSR count). The van der Waals surface area contributed by atoms with Gasteiger partial charge in [0.05, 0.1) is 16.1 Å². The van der Waals surface area contributed by atoms with Crippen LogP contribution in [0.15, 0.2) is 54.6 Å². The average Bonchev–Trinajstić information content (AvgIpc) is 3.48. The number of carbonyl (C=O) groups is 2. The van der Waals surface area contributed by atoms with Crippen molar-refractivity contribution in [3.63, 3.8) is 0 Å². The molecule has 38 heavy (non-hydrogen) atoms. The van der Waals surface area contributed by atoms with Gasteiger partial charge in [-0.1, -0.05) is 23.2 Å². The Labute approximate surface area is 227 Å². The smallest absolute Gasteiger partial charge is 0.411 e. The minimum Gasteiger partial charge on any atom is -0.440 e. The van der Waals surface area contributed by atoms with Crippen molar-refractivity contribution in [2.24, 2.45) is 0 Å². The number of hydrogen-bond acceptors (Lipinski definition) is 5. The van der Waals surface area contributed by atoms with Crippen LogP contribution in [-0.4, -0.2) is 48.7 Å². The zero-order chi connectivity index (χ0) is 27.2. The van der Waals surface area contributed by atoms with E-state index in [9.17, 15) is 14.0 Å². The minimum absolute atomic E-state index is 0.0198. The van der Waals surface area contributed by atoms with E-state index in [1.807, 2.05) is 0 Å². The van der Waals surface area contributed by atoms with Crippen LogP contribution in [-0.2, 0) is 10.5 Å². The third kappa shape index (κ3) is 4.61. The first-order chi connectivity index (χ1) is 18.1.